The van der Waals surface area contributed by atoms with Gasteiger partial charge in [0.05, 0.1) is 11.3 Å². The Morgan fingerprint density at radius 3 is 2.31 bits per heavy atom. The lowest BCUT2D eigenvalue weighted by Crippen LogP contribution is -2.33. The SMILES string of the molecule is CCN(CC)C(=O)Cn1cc(SCC(=O)Nc2ccc(C(F)(F)F)cc2)c2ccccc21. The maximum atomic E-state index is 12.7. The van der Waals surface area contributed by atoms with E-state index in [-0.39, 0.29) is 24.1 Å². The van der Waals surface area contributed by atoms with Crippen molar-refractivity contribution in [2.24, 2.45) is 0 Å². The summed E-state index contributed by atoms with van der Waals surface area (Å²) in [6.45, 7) is 5.36. The molecule has 1 N–H and O–H groups in total. The number of hydrogen-bond acceptors (Lipinski definition) is 3. The highest BCUT2D eigenvalue weighted by Crippen LogP contribution is 2.31. The predicted molar refractivity (Wildman–Crippen MR) is 121 cm³/mol. The second-order valence-electron chi connectivity index (χ2n) is 7.12. The maximum Gasteiger partial charge on any atom is 0.416 e. The Kier molecular flexibility index (Phi) is 7.50. The minimum Gasteiger partial charge on any atom is -0.342 e. The third-order valence-corrected chi connectivity index (χ3v) is 6.07. The van der Waals surface area contributed by atoms with Gasteiger partial charge in [0, 0.05) is 40.8 Å². The Balaban J connectivity index is 1.68. The number of nitrogens with zero attached hydrogens (tertiary/aromatic N) is 2. The van der Waals surface area contributed by atoms with Crippen molar-refractivity contribution < 1.29 is 22.8 Å². The van der Waals surface area contributed by atoms with Gasteiger partial charge < -0.3 is 14.8 Å². The highest BCUT2D eigenvalue weighted by Gasteiger charge is 2.30. The van der Waals surface area contributed by atoms with E-state index in [4.69, 9.17) is 0 Å². The third kappa shape index (κ3) is 5.64. The largest absolute Gasteiger partial charge is 0.416 e. The van der Waals surface area contributed by atoms with Gasteiger partial charge in [-0.25, -0.2) is 0 Å². The van der Waals surface area contributed by atoms with Gasteiger partial charge in [-0.3, -0.25) is 9.59 Å². The molecule has 9 heteroatoms. The number of hydrogen-bond donors (Lipinski definition) is 1. The van der Waals surface area contributed by atoms with Gasteiger partial charge in [-0.1, -0.05) is 18.2 Å². The van der Waals surface area contributed by atoms with Crippen LogP contribution in [0.25, 0.3) is 10.9 Å². The quantitative estimate of drug-likeness (QED) is 0.464. The Labute approximate surface area is 188 Å². The average Bonchev–Trinajstić information content (AvgIpc) is 3.10. The molecule has 3 aromatic rings. The minimum absolute atomic E-state index is 0.0207. The van der Waals surface area contributed by atoms with E-state index in [1.54, 1.807) is 4.90 Å². The van der Waals surface area contributed by atoms with Gasteiger partial charge in [-0.15, -0.1) is 11.8 Å². The molecule has 0 fully saturated rings. The number of amides is 2. The van der Waals surface area contributed by atoms with Gasteiger partial charge in [-0.2, -0.15) is 13.2 Å². The molecule has 1 heterocycles. The van der Waals surface area contributed by atoms with E-state index in [2.05, 4.69) is 5.32 Å². The van der Waals surface area contributed by atoms with Crippen LogP contribution in [-0.4, -0.2) is 40.1 Å². The van der Waals surface area contributed by atoms with Gasteiger partial charge in [-0.05, 0) is 44.2 Å². The Hall–Kier alpha value is -2.94. The van der Waals surface area contributed by atoms with Crippen LogP contribution in [0.3, 0.4) is 0 Å². The summed E-state index contributed by atoms with van der Waals surface area (Å²) >= 11 is 1.31. The second-order valence-corrected chi connectivity index (χ2v) is 8.13. The fourth-order valence-electron chi connectivity index (χ4n) is 3.36. The molecular weight excluding hydrogens is 439 g/mol. The van der Waals surface area contributed by atoms with Gasteiger partial charge in [0.15, 0.2) is 0 Å². The van der Waals surface area contributed by atoms with Crippen LogP contribution in [0.5, 0.6) is 0 Å². The summed E-state index contributed by atoms with van der Waals surface area (Å²) in [5.41, 5.74) is 0.437. The van der Waals surface area contributed by atoms with Crippen LogP contribution >= 0.6 is 11.8 Å². The van der Waals surface area contributed by atoms with Crippen molar-refractivity contribution in [3.05, 3.63) is 60.3 Å². The molecule has 2 aromatic carbocycles. The molecule has 3 rings (SSSR count). The molecule has 0 saturated heterocycles. The molecule has 1 aromatic heterocycles. The molecule has 2 amide bonds. The summed E-state index contributed by atoms with van der Waals surface area (Å²) in [5, 5.41) is 3.55. The lowest BCUT2D eigenvalue weighted by atomic mass is 10.2. The third-order valence-electron chi connectivity index (χ3n) is 5.03. The number of thioether (sulfide) groups is 1. The van der Waals surface area contributed by atoms with Gasteiger partial charge in [0.25, 0.3) is 0 Å². The standard InChI is InChI=1S/C23H24F3N3O2S/c1-3-28(4-2)22(31)14-29-13-20(18-7-5-6-8-19(18)29)32-15-21(30)27-17-11-9-16(10-12-17)23(24,25)26/h5-13H,3-4,14-15H2,1-2H3,(H,27,30). The van der Waals surface area contributed by atoms with E-state index in [0.29, 0.717) is 18.8 Å². The molecule has 32 heavy (non-hydrogen) atoms. The molecule has 0 spiro atoms. The molecule has 0 aliphatic carbocycles. The number of rotatable bonds is 8. The molecular formula is C23H24F3N3O2S. The lowest BCUT2D eigenvalue weighted by Gasteiger charge is -2.19. The van der Waals surface area contributed by atoms with Gasteiger partial charge in [0.1, 0.15) is 6.54 Å². The number of anilines is 1. The number of benzene rings is 2. The fourth-order valence-corrected chi connectivity index (χ4v) is 4.25. The van der Waals surface area contributed by atoms with E-state index in [1.807, 2.05) is 48.9 Å². The van der Waals surface area contributed by atoms with Crippen LogP contribution in [0.4, 0.5) is 18.9 Å². The zero-order chi connectivity index (χ0) is 23.3. The van der Waals surface area contributed by atoms with Crippen LogP contribution in [0.2, 0.25) is 0 Å². The van der Waals surface area contributed by atoms with Crippen molar-refractivity contribution in [2.45, 2.75) is 31.5 Å². The topological polar surface area (TPSA) is 54.3 Å². The van der Waals surface area contributed by atoms with E-state index >= 15 is 0 Å². The Morgan fingerprint density at radius 1 is 1.03 bits per heavy atom. The van der Waals surface area contributed by atoms with E-state index in [0.717, 1.165) is 27.9 Å². The smallest absolute Gasteiger partial charge is 0.342 e. The van der Waals surface area contributed by atoms with Crippen LogP contribution < -0.4 is 5.32 Å². The lowest BCUT2D eigenvalue weighted by molar-refractivity contribution is -0.137. The fraction of sp³-hybridized carbons (Fsp3) is 0.304. The molecule has 0 aliphatic heterocycles. The number of fused-ring (bicyclic) bond motifs is 1. The molecule has 0 bridgehead atoms. The number of alkyl halides is 3. The summed E-state index contributed by atoms with van der Waals surface area (Å²) in [6, 6.07) is 12.0. The molecule has 0 atom stereocenters. The number of aromatic nitrogens is 1. The molecule has 0 radical (unpaired) electrons. The monoisotopic (exact) mass is 463 g/mol. The first-order valence-corrected chi connectivity index (χ1v) is 11.2. The minimum atomic E-state index is -4.42. The molecule has 0 aliphatic rings. The van der Waals surface area contributed by atoms with Crippen LogP contribution in [0, 0.1) is 0 Å². The zero-order valence-corrected chi connectivity index (χ0v) is 18.6. The van der Waals surface area contributed by atoms with Crippen molar-refractivity contribution in [3.63, 3.8) is 0 Å². The molecule has 0 unspecified atom stereocenters. The van der Waals surface area contributed by atoms with Crippen molar-refractivity contribution in [1.82, 2.24) is 9.47 Å². The highest BCUT2D eigenvalue weighted by atomic mass is 32.2. The van der Waals surface area contributed by atoms with Crippen molar-refractivity contribution in [2.75, 3.05) is 24.2 Å². The van der Waals surface area contributed by atoms with Crippen LogP contribution in [0.15, 0.2) is 59.6 Å². The summed E-state index contributed by atoms with van der Waals surface area (Å²) in [6.07, 6.45) is -2.55. The first-order chi connectivity index (χ1) is 15.2. The Bertz CT molecular complexity index is 1090. The number of halogens is 3. The number of carbonyl (C=O) groups is 2. The summed E-state index contributed by atoms with van der Waals surface area (Å²) < 4.78 is 39.9. The van der Waals surface area contributed by atoms with Crippen LogP contribution in [-0.2, 0) is 22.3 Å². The van der Waals surface area contributed by atoms with E-state index < -0.39 is 11.7 Å². The van der Waals surface area contributed by atoms with Crippen LogP contribution in [0.1, 0.15) is 19.4 Å². The Morgan fingerprint density at radius 2 is 1.69 bits per heavy atom. The number of likely N-dealkylation sites (N-methyl/N-ethyl adjacent to an activating group) is 1. The molecule has 170 valence electrons. The summed E-state index contributed by atoms with van der Waals surface area (Å²) in [4.78, 5) is 27.5. The van der Waals surface area contributed by atoms with E-state index in [9.17, 15) is 22.8 Å². The number of nitrogens with one attached hydrogen (secondary N) is 1. The van der Waals surface area contributed by atoms with Crippen molar-refractivity contribution >= 4 is 40.2 Å². The highest BCUT2D eigenvalue weighted by molar-refractivity contribution is 8.00. The first kappa shape index (κ1) is 23.7. The van der Waals surface area contributed by atoms with Crippen molar-refractivity contribution in [1.29, 1.82) is 0 Å². The van der Waals surface area contributed by atoms with Gasteiger partial charge >= 0.3 is 6.18 Å². The zero-order valence-electron chi connectivity index (χ0n) is 17.8. The average molecular weight is 464 g/mol. The molecule has 5 nitrogen and oxygen atoms in total. The summed E-state index contributed by atoms with van der Waals surface area (Å²) in [5.74, 6) is -0.225. The van der Waals surface area contributed by atoms with Gasteiger partial charge in [0.2, 0.25) is 11.8 Å². The number of carbonyl (C=O) groups excluding carboxylic acids is 2. The maximum absolute atomic E-state index is 12.7. The first-order valence-electron chi connectivity index (χ1n) is 10.2. The number of para-hydroxylation sites is 1. The summed E-state index contributed by atoms with van der Waals surface area (Å²) in [7, 11) is 0. The second kappa shape index (κ2) is 10.1. The van der Waals surface area contributed by atoms with Crippen molar-refractivity contribution in [3.8, 4) is 0 Å². The molecule has 0 saturated carbocycles. The normalized spacial score (nSPS) is 11.5. The predicted octanol–water partition coefficient (Wildman–Crippen LogP) is 5.26. The van der Waals surface area contributed by atoms with E-state index in [1.165, 1.54) is 23.9 Å².